The average Bonchev–Trinajstić information content (AvgIpc) is 3.26. The molecule has 0 amide bonds. The van der Waals surface area contributed by atoms with Crippen molar-refractivity contribution in [2.45, 2.75) is 107 Å². The van der Waals surface area contributed by atoms with E-state index in [-0.39, 0.29) is 39.5 Å². The van der Waals surface area contributed by atoms with Crippen LogP contribution in [0.1, 0.15) is 107 Å². The van der Waals surface area contributed by atoms with Crippen LogP contribution in [0.2, 0.25) is 0 Å². The number of fused-ring (bicyclic) bond motifs is 5. The summed E-state index contributed by atoms with van der Waals surface area (Å²) in [5.41, 5.74) is 2.13. The van der Waals surface area contributed by atoms with E-state index in [1.807, 2.05) is 6.92 Å². The van der Waals surface area contributed by atoms with Gasteiger partial charge in [0.05, 0.1) is 12.5 Å². The summed E-state index contributed by atoms with van der Waals surface area (Å²) in [7, 11) is 0. The lowest BCUT2D eigenvalue weighted by atomic mass is 9.41. The first kappa shape index (κ1) is 26.5. The third-order valence-corrected chi connectivity index (χ3v) is 13.8. The first-order chi connectivity index (χ1) is 16.7. The molecule has 3 saturated carbocycles. The van der Waals surface area contributed by atoms with Crippen molar-refractivity contribution in [3.05, 3.63) is 11.6 Å². The Morgan fingerprint density at radius 2 is 1.72 bits per heavy atom. The second kappa shape index (κ2) is 8.44. The molecule has 1 aliphatic heterocycles. The van der Waals surface area contributed by atoms with Gasteiger partial charge in [0.1, 0.15) is 0 Å². The minimum Gasteiger partial charge on any atom is -0.465 e. The predicted molar refractivity (Wildman–Crippen MR) is 145 cm³/mol. The molecule has 11 atom stereocenters. The number of hydrogen-bond acceptors (Lipinski definition) is 3. The second-order valence-electron chi connectivity index (χ2n) is 15.5. The van der Waals surface area contributed by atoms with E-state index in [0.717, 1.165) is 12.8 Å². The second-order valence-corrected chi connectivity index (χ2v) is 15.5. The lowest BCUT2D eigenvalue weighted by Gasteiger charge is -2.62. The Kier molecular flexibility index (Phi) is 6.21. The van der Waals surface area contributed by atoms with Crippen molar-refractivity contribution in [1.29, 1.82) is 0 Å². The summed E-state index contributed by atoms with van der Waals surface area (Å²) in [4.78, 5) is 25.7. The molecule has 0 aromatic heterocycles. The number of rotatable bonds is 4. The summed E-state index contributed by atoms with van der Waals surface area (Å²) in [5.74, 6) is 4.05. The zero-order chi connectivity index (χ0) is 26.4. The summed E-state index contributed by atoms with van der Waals surface area (Å²) in [6, 6.07) is 0. The summed E-state index contributed by atoms with van der Waals surface area (Å²) in [6.07, 6.45) is 10.5. The molecule has 4 fully saturated rings. The van der Waals surface area contributed by atoms with E-state index in [1.165, 1.54) is 37.7 Å². The molecule has 202 valence electrons. The Balaban J connectivity index is 1.44. The van der Waals surface area contributed by atoms with E-state index >= 15 is 0 Å². The van der Waals surface area contributed by atoms with Gasteiger partial charge in [0, 0.05) is 11.8 Å². The van der Waals surface area contributed by atoms with Crippen LogP contribution < -0.4 is 0 Å². The highest BCUT2D eigenvalue weighted by molar-refractivity contribution is 5.94. The molecular formula is C33H52O3. The molecule has 0 spiro atoms. The van der Waals surface area contributed by atoms with Crippen LogP contribution in [-0.2, 0) is 14.3 Å². The fourth-order valence-electron chi connectivity index (χ4n) is 10.5. The van der Waals surface area contributed by atoms with Gasteiger partial charge in [-0.25, -0.2) is 0 Å². The van der Waals surface area contributed by atoms with Crippen molar-refractivity contribution in [3.63, 3.8) is 0 Å². The summed E-state index contributed by atoms with van der Waals surface area (Å²) < 4.78 is 5.40. The third kappa shape index (κ3) is 3.49. The van der Waals surface area contributed by atoms with E-state index in [4.69, 9.17) is 4.74 Å². The SMILES string of the molecule is C[C@@H]1C[C@H]2C(=O)C=C3C(CC[C@]4(C)[C@@H](C(C)(C)[C@H](C)C[C@@H]5COC(=O)[C@H]5C)CC[C@@]34C)[C@@]2(C)C[C@@H]1C. The van der Waals surface area contributed by atoms with Gasteiger partial charge < -0.3 is 4.74 Å². The van der Waals surface area contributed by atoms with Crippen LogP contribution in [0.25, 0.3) is 0 Å². The van der Waals surface area contributed by atoms with Crippen LogP contribution in [0.5, 0.6) is 0 Å². The van der Waals surface area contributed by atoms with Crippen molar-refractivity contribution in [1.82, 2.24) is 0 Å². The van der Waals surface area contributed by atoms with E-state index in [2.05, 4.69) is 61.5 Å². The van der Waals surface area contributed by atoms with Crippen LogP contribution >= 0.6 is 0 Å². The number of ketones is 1. The molecule has 0 aromatic carbocycles. The van der Waals surface area contributed by atoms with Gasteiger partial charge in [0.15, 0.2) is 5.78 Å². The van der Waals surface area contributed by atoms with Crippen LogP contribution in [0.3, 0.4) is 0 Å². The Labute approximate surface area is 220 Å². The number of esters is 1. The molecule has 5 aliphatic rings. The van der Waals surface area contributed by atoms with E-state index in [0.29, 0.717) is 47.9 Å². The van der Waals surface area contributed by atoms with Gasteiger partial charge in [-0.1, -0.05) is 67.9 Å². The predicted octanol–water partition coefficient (Wildman–Crippen LogP) is 7.88. The number of carbonyl (C=O) groups is 2. The van der Waals surface area contributed by atoms with Crippen LogP contribution in [0.4, 0.5) is 0 Å². The molecule has 5 rings (SSSR count). The van der Waals surface area contributed by atoms with Crippen LogP contribution in [0.15, 0.2) is 11.6 Å². The Morgan fingerprint density at radius 3 is 2.36 bits per heavy atom. The number of allylic oxidation sites excluding steroid dienone is 2. The van der Waals surface area contributed by atoms with Gasteiger partial charge in [-0.15, -0.1) is 0 Å². The van der Waals surface area contributed by atoms with Crippen molar-refractivity contribution >= 4 is 11.8 Å². The Morgan fingerprint density at radius 1 is 1.03 bits per heavy atom. The number of hydrogen-bond donors (Lipinski definition) is 0. The average molecular weight is 497 g/mol. The maximum absolute atomic E-state index is 13.7. The van der Waals surface area contributed by atoms with Gasteiger partial charge in [-0.05, 0) is 102 Å². The molecule has 1 unspecified atom stereocenters. The topological polar surface area (TPSA) is 43.4 Å². The molecule has 0 aromatic rings. The molecule has 1 heterocycles. The molecule has 36 heavy (non-hydrogen) atoms. The van der Waals surface area contributed by atoms with Gasteiger partial charge in [0.2, 0.25) is 0 Å². The molecule has 1 saturated heterocycles. The lowest BCUT2D eigenvalue weighted by molar-refractivity contribution is -0.140. The monoisotopic (exact) mass is 496 g/mol. The van der Waals surface area contributed by atoms with Gasteiger partial charge in [-0.3, -0.25) is 9.59 Å². The molecule has 4 aliphatic carbocycles. The van der Waals surface area contributed by atoms with Gasteiger partial charge in [0.25, 0.3) is 0 Å². The smallest absolute Gasteiger partial charge is 0.309 e. The van der Waals surface area contributed by atoms with E-state index < -0.39 is 0 Å². The zero-order valence-electron chi connectivity index (χ0n) is 24.6. The quantitative estimate of drug-likeness (QED) is 0.372. The van der Waals surface area contributed by atoms with E-state index in [9.17, 15) is 9.59 Å². The molecular weight excluding hydrogens is 444 g/mol. The lowest BCUT2D eigenvalue weighted by Crippen LogP contribution is -2.56. The summed E-state index contributed by atoms with van der Waals surface area (Å²) in [5, 5.41) is 0. The molecule has 3 nitrogen and oxygen atoms in total. The number of carbonyl (C=O) groups excluding carboxylic acids is 2. The zero-order valence-corrected chi connectivity index (χ0v) is 24.6. The molecule has 3 heteroatoms. The van der Waals surface area contributed by atoms with Crippen molar-refractivity contribution in [2.24, 2.45) is 69.0 Å². The highest BCUT2D eigenvalue weighted by Crippen LogP contribution is 2.74. The standard InChI is InChI=1S/C33H52O3/c1-19-14-26-27(34)16-25-24(31(26,7)17-20(19)2)10-12-33(9)28(11-13-32(25,33)8)30(5,6)21(3)15-23-18-36-29(35)22(23)4/h16,19-24,26,28H,10-15,17-18H2,1-9H3/t19-,20+,21-,22+,23-,24?,26+,28-,31-,32+,33-/m1/s1. The summed E-state index contributed by atoms with van der Waals surface area (Å²) >= 11 is 0. The molecule has 0 bridgehead atoms. The van der Waals surface area contributed by atoms with Crippen molar-refractivity contribution < 1.29 is 14.3 Å². The number of cyclic esters (lactones) is 1. The normalized spacial score (nSPS) is 49.6. The first-order valence-electron chi connectivity index (χ1n) is 15.1. The Bertz CT molecular complexity index is 962. The van der Waals surface area contributed by atoms with Crippen LogP contribution in [0, 0.1) is 69.0 Å². The minimum atomic E-state index is -0.0177. The van der Waals surface area contributed by atoms with Gasteiger partial charge >= 0.3 is 5.97 Å². The first-order valence-corrected chi connectivity index (χ1v) is 15.1. The largest absolute Gasteiger partial charge is 0.465 e. The van der Waals surface area contributed by atoms with Gasteiger partial charge in [-0.2, -0.15) is 0 Å². The fourth-order valence-corrected chi connectivity index (χ4v) is 10.5. The maximum Gasteiger partial charge on any atom is 0.309 e. The third-order valence-electron chi connectivity index (χ3n) is 13.8. The maximum atomic E-state index is 13.7. The summed E-state index contributed by atoms with van der Waals surface area (Å²) in [6.45, 7) is 22.4. The number of ether oxygens (including phenoxy) is 1. The van der Waals surface area contributed by atoms with Crippen LogP contribution in [-0.4, -0.2) is 18.4 Å². The van der Waals surface area contributed by atoms with E-state index in [1.54, 1.807) is 0 Å². The van der Waals surface area contributed by atoms with Crippen molar-refractivity contribution in [3.8, 4) is 0 Å². The fraction of sp³-hybridized carbons (Fsp3) is 0.879. The molecule has 0 N–H and O–H groups in total. The highest BCUT2D eigenvalue weighted by Gasteiger charge is 2.66. The molecule has 0 radical (unpaired) electrons. The highest BCUT2D eigenvalue weighted by atomic mass is 16.5. The Hall–Kier alpha value is -1.12. The minimum absolute atomic E-state index is 0.0177. The van der Waals surface area contributed by atoms with Crippen molar-refractivity contribution in [2.75, 3.05) is 6.61 Å².